The van der Waals surface area contributed by atoms with Gasteiger partial charge in [-0.15, -0.1) is 0 Å². The molecule has 1 unspecified atom stereocenters. The van der Waals surface area contributed by atoms with Crippen LogP contribution in [0.25, 0.3) is 11.0 Å². The fourth-order valence-electron chi connectivity index (χ4n) is 2.96. The molecule has 22 heavy (non-hydrogen) atoms. The fraction of sp³-hybridized carbons (Fsp3) is 0.571. The maximum absolute atomic E-state index is 10.6. The third-order valence-corrected chi connectivity index (χ3v) is 4.14. The van der Waals surface area contributed by atoms with Crippen molar-refractivity contribution < 1.29 is 24.8 Å². The van der Waals surface area contributed by atoms with Gasteiger partial charge in [0.05, 0.1) is 19.1 Å². The zero-order chi connectivity index (χ0) is 16.1. The summed E-state index contributed by atoms with van der Waals surface area (Å²) in [4.78, 5) is 8.30. The number of ether oxygens (including phenoxy) is 2. The van der Waals surface area contributed by atoms with Gasteiger partial charge in [0.15, 0.2) is 6.23 Å². The van der Waals surface area contributed by atoms with E-state index in [-0.39, 0.29) is 6.61 Å². The molecule has 2 aromatic rings. The third kappa shape index (κ3) is 1.99. The highest BCUT2D eigenvalue weighted by molar-refractivity contribution is 5.85. The first-order chi connectivity index (χ1) is 10.4. The molecule has 3 rings (SSSR count). The van der Waals surface area contributed by atoms with Gasteiger partial charge >= 0.3 is 0 Å². The van der Waals surface area contributed by atoms with E-state index < -0.39 is 24.0 Å². The predicted octanol–water partition coefficient (Wildman–Crippen LogP) is -0.250. The summed E-state index contributed by atoms with van der Waals surface area (Å²) < 4.78 is 12.5. The van der Waals surface area contributed by atoms with Gasteiger partial charge in [0.25, 0.3) is 0 Å². The van der Waals surface area contributed by atoms with Crippen LogP contribution in [-0.2, 0) is 4.74 Å². The molecule has 0 aromatic carbocycles. The molecule has 3 N–H and O–H groups in total. The first kappa shape index (κ1) is 15.2. The zero-order valence-corrected chi connectivity index (χ0v) is 12.6. The van der Waals surface area contributed by atoms with Crippen molar-refractivity contribution >= 4 is 11.0 Å². The van der Waals surface area contributed by atoms with E-state index >= 15 is 0 Å². The molecular formula is C14H19N3O5. The van der Waals surface area contributed by atoms with Crippen LogP contribution in [0.1, 0.15) is 18.7 Å². The van der Waals surface area contributed by atoms with E-state index in [2.05, 4.69) is 9.97 Å². The second-order valence-corrected chi connectivity index (χ2v) is 5.68. The first-order valence-corrected chi connectivity index (χ1v) is 6.94. The Morgan fingerprint density at radius 3 is 2.77 bits per heavy atom. The molecule has 4 atom stereocenters. The van der Waals surface area contributed by atoms with Crippen molar-refractivity contribution in [1.82, 2.24) is 14.5 Å². The van der Waals surface area contributed by atoms with Gasteiger partial charge in [-0.05, 0) is 19.4 Å². The average Bonchev–Trinajstić information content (AvgIpc) is 2.95. The van der Waals surface area contributed by atoms with Gasteiger partial charge in [-0.1, -0.05) is 0 Å². The molecule has 0 spiro atoms. The van der Waals surface area contributed by atoms with E-state index in [0.29, 0.717) is 16.9 Å². The maximum atomic E-state index is 10.6. The second-order valence-electron chi connectivity index (χ2n) is 5.68. The maximum Gasteiger partial charge on any atom is 0.226 e. The Labute approximate surface area is 126 Å². The van der Waals surface area contributed by atoms with Crippen molar-refractivity contribution in [3.8, 4) is 5.88 Å². The van der Waals surface area contributed by atoms with Crippen LogP contribution in [0.15, 0.2) is 12.5 Å². The Balaban J connectivity index is 2.15. The molecule has 120 valence electrons. The molecule has 0 aliphatic carbocycles. The summed E-state index contributed by atoms with van der Waals surface area (Å²) in [6, 6.07) is 0. The molecule has 8 nitrogen and oxygen atoms in total. The number of aromatic nitrogens is 3. The highest BCUT2D eigenvalue weighted by atomic mass is 16.6. The Kier molecular flexibility index (Phi) is 3.56. The first-order valence-electron chi connectivity index (χ1n) is 6.94. The number of aliphatic hydroxyl groups excluding tert-OH is 2. The summed E-state index contributed by atoms with van der Waals surface area (Å²) >= 11 is 0. The number of methoxy groups -OCH3 is 1. The minimum Gasteiger partial charge on any atom is -0.480 e. The number of hydrogen-bond donors (Lipinski definition) is 3. The van der Waals surface area contributed by atoms with Crippen molar-refractivity contribution in [2.24, 2.45) is 0 Å². The number of aliphatic hydroxyl groups is 3. The molecule has 3 heterocycles. The lowest BCUT2D eigenvalue weighted by Gasteiger charge is -2.27. The largest absolute Gasteiger partial charge is 0.480 e. The topological polar surface area (TPSA) is 110 Å². The summed E-state index contributed by atoms with van der Waals surface area (Å²) in [7, 11) is 1.52. The van der Waals surface area contributed by atoms with E-state index in [1.807, 2.05) is 6.92 Å². The Hall–Kier alpha value is -1.74. The van der Waals surface area contributed by atoms with Crippen LogP contribution in [0, 0.1) is 6.92 Å². The molecule has 2 aromatic heterocycles. The number of nitrogens with zero attached hydrogens (tertiary/aromatic N) is 3. The zero-order valence-electron chi connectivity index (χ0n) is 12.6. The Morgan fingerprint density at radius 2 is 2.18 bits per heavy atom. The quantitative estimate of drug-likeness (QED) is 0.717. The van der Waals surface area contributed by atoms with Crippen molar-refractivity contribution in [3.63, 3.8) is 0 Å². The molecule has 0 amide bonds. The van der Waals surface area contributed by atoms with Gasteiger partial charge in [-0.3, -0.25) is 0 Å². The monoisotopic (exact) mass is 309 g/mol. The van der Waals surface area contributed by atoms with E-state index in [4.69, 9.17) is 9.47 Å². The lowest BCUT2D eigenvalue weighted by atomic mass is 9.96. The van der Waals surface area contributed by atoms with Gasteiger partial charge in [0, 0.05) is 6.20 Å². The van der Waals surface area contributed by atoms with Crippen LogP contribution in [0.3, 0.4) is 0 Å². The number of fused-ring (bicyclic) bond motifs is 1. The predicted molar refractivity (Wildman–Crippen MR) is 76.4 cm³/mol. The van der Waals surface area contributed by atoms with E-state index in [9.17, 15) is 15.3 Å². The van der Waals surface area contributed by atoms with Crippen molar-refractivity contribution in [2.45, 2.75) is 37.9 Å². The summed E-state index contributed by atoms with van der Waals surface area (Å²) in [6.07, 6.45) is 0.176. The highest BCUT2D eigenvalue weighted by Gasteiger charge is 2.53. The van der Waals surface area contributed by atoms with E-state index in [1.54, 1.807) is 10.8 Å². The van der Waals surface area contributed by atoms with E-state index in [0.717, 1.165) is 5.56 Å². The second kappa shape index (κ2) is 5.17. The van der Waals surface area contributed by atoms with Crippen LogP contribution >= 0.6 is 0 Å². The van der Waals surface area contributed by atoms with Crippen molar-refractivity contribution in [1.29, 1.82) is 0 Å². The smallest absolute Gasteiger partial charge is 0.226 e. The van der Waals surface area contributed by atoms with Crippen molar-refractivity contribution in [3.05, 3.63) is 18.1 Å². The van der Waals surface area contributed by atoms with Gasteiger partial charge in [0.1, 0.15) is 29.8 Å². The van der Waals surface area contributed by atoms with Gasteiger partial charge in [0.2, 0.25) is 5.88 Å². The molecule has 0 saturated carbocycles. The van der Waals surface area contributed by atoms with Crippen LogP contribution in [-0.4, -0.2) is 61.4 Å². The standard InChI is InChI=1S/C14H19N3O5/c1-7-4-17(11-9(7)12(21-3)16-6-15-11)13-14(2,20)10(19)8(5-18)22-13/h4,6,8,10,13,18-20H,5H2,1-3H3/t8-,10?,13-,14-/m1/s1. The third-order valence-electron chi connectivity index (χ3n) is 4.14. The summed E-state index contributed by atoms with van der Waals surface area (Å²) in [5, 5.41) is 30.7. The van der Waals surface area contributed by atoms with Gasteiger partial charge < -0.3 is 29.4 Å². The van der Waals surface area contributed by atoms with Gasteiger partial charge in [-0.25, -0.2) is 9.97 Å². The molecule has 1 aliphatic heterocycles. The van der Waals surface area contributed by atoms with Crippen LogP contribution in [0.5, 0.6) is 5.88 Å². The molecule has 0 bridgehead atoms. The Morgan fingerprint density at radius 1 is 1.45 bits per heavy atom. The number of rotatable bonds is 3. The fourth-order valence-corrected chi connectivity index (χ4v) is 2.96. The number of hydrogen-bond acceptors (Lipinski definition) is 7. The van der Waals surface area contributed by atoms with Crippen molar-refractivity contribution in [2.75, 3.05) is 13.7 Å². The normalized spacial score (nSPS) is 31.8. The molecular weight excluding hydrogens is 290 g/mol. The lowest BCUT2D eigenvalue weighted by molar-refractivity contribution is -0.0948. The summed E-state index contributed by atoms with van der Waals surface area (Å²) in [5.41, 5.74) is -0.182. The lowest BCUT2D eigenvalue weighted by Crippen LogP contribution is -2.44. The SMILES string of the molecule is COc1ncnc2c1c(C)cn2[C@@H]1O[C@H](CO)C(O)[C@@]1(C)O. The molecule has 0 radical (unpaired) electrons. The molecule has 1 fully saturated rings. The van der Waals surface area contributed by atoms with Crippen LogP contribution in [0.4, 0.5) is 0 Å². The summed E-state index contributed by atoms with van der Waals surface area (Å²) in [6.45, 7) is 2.95. The average molecular weight is 309 g/mol. The highest BCUT2D eigenvalue weighted by Crippen LogP contribution is 2.41. The van der Waals surface area contributed by atoms with Crippen LogP contribution in [0.2, 0.25) is 0 Å². The minimum absolute atomic E-state index is 0.385. The van der Waals surface area contributed by atoms with Gasteiger partial charge in [-0.2, -0.15) is 0 Å². The Bertz CT molecular complexity index is 699. The summed E-state index contributed by atoms with van der Waals surface area (Å²) in [5.74, 6) is 0.429. The van der Waals surface area contributed by atoms with Crippen LogP contribution < -0.4 is 4.74 Å². The number of aryl methyl sites for hydroxylation is 1. The van der Waals surface area contributed by atoms with E-state index in [1.165, 1.54) is 20.4 Å². The molecule has 1 saturated heterocycles. The molecule has 8 heteroatoms. The molecule has 1 aliphatic rings. The minimum atomic E-state index is -1.57.